The first-order valence-electron chi connectivity index (χ1n) is 8.68. The summed E-state index contributed by atoms with van der Waals surface area (Å²) >= 11 is 0. The van der Waals surface area contributed by atoms with Crippen molar-refractivity contribution in [2.75, 3.05) is 13.1 Å². The van der Waals surface area contributed by atoms with E-state index in [-0.39, 0.29) is 17.4 Å². The highest BCUT2D eigenvalue weighted by Gasteiger charge is 2.38. The second-order valence-corrected chi connectivity index (χ2v) is 6.57. The van der Waals surface area contributed by atoms with Gasteiger partial charge in [0, 0.05) is 43.2 Å². The lowest BCUT2D eigenvalue weighted by molar-refractivity contribution is -0.159. The second-order valence-electron chi connectivity index (χ2n) is 6.57. The first-order valence-corrected chi connectivity index (χ1v) is 8.68. The molecule has 0 amide bonds. The SMILES string of the molecule is FC(F)(F)c1nc(-c2cncc([C@@H]3CCCN(Cc4cncnc4)C3)n2)no1. The third-order valence-electron chi connectivity index (χ3n) is 4.49. The van der Waals surface area contributed by atoms with Crippen LogP contribution in [0.2, 0.25) is 0 Å². The van der Waals surface area contributed by atoms with Gasteiger partial charge in [0.25, 0.3) is 0 Å². The molecule has 146 valence electrons. The summed E-state index contributed by atoms with van der Waals surface area (Å²) in [4.78, 5) is 22.3. The zero-order valence-corrected chi connectivity index (χ0v) is 14.7. The average molecular weight is 391 g/mol. The molecule has 1 saturated heterocycles. The van der Waals surface area contributed by atoms with Crippen LogP contribution in [0.1, 0.15) is 35.9 Å². The van der Waals surface area contributed by atoms with Crippen molar-refractivity contribution < 1.29 is 17.7 Å². The van der Waals surface area contributed by atoms with Gasteiger partial charge in [-0.15, -0.1) is 0 Å². The van der Waals surface area contributed by atoms with Crippen molar-refractivity contribution in [1.82, 2.24) is 35.0 Å². The van der Waals surface area contributed by atoms with E-state index in [1.807, 2.05) is 0 Å². The molecular formula is C17H16F3N7O. The minimum atomic E-state index is -4.69. The molecule has 1 aliphatic rings. The Labute approximate surface area is 157 Å². The van der Waals surface area contributed by atoms with Crippen LogP contribution in [0, 0.1) is 0 Å². The number of aromatic nitrogens is 6. The average Bonchev–Trinajstić information content (AvgIpc) is 3.20. The summed E-state index contributed by atoms with van der Waals surface area (Å²) in [5, 5.41) is 3.38. The highest BCUT2D eigenvalue weighted by Crippen LogP contribution is 2.30. The smallest absolute Gasteiger partial charge is 0.329 e. The Morgan fingerprint density at radius 1 is 1.07 bits per heavy atom. The molecule has 4 heterocycles. The zero-order valence-electron chi connectivity index (χ0n) is 14.7. The van der Waals surface area contributed by atoms with Gasteiger partial charge in [0.05, 0.1) is 11.9 Å². The van der Waals surface area contributed by atoms with Gasteiger partial charge in [-0.3, -0.25) is 9.88 Å². The van der Waals surface area contributed by atoms with Crippen molar-refractivity contribution in [3.05, 3.63) is 48.3 Å². The topological polar surface area (TPSA) is 93.7 Å². The van der Waals surface area contributed by atoms with Crippen LogP contribution in [0.15, 0.2) is 35.6 Å². The Morgan fingerprint density at radius 2 is 1.89 bits per heavy atom. The fourth-order valence-corrected chi connectivity index (χ4v) is 3.24. The molecule has 0 aromatic carbocycles. The van der Waals surface area contributed by atoms with Gasteiger partial charge in [0.2, 0.25) is 5.82 Å². The number of piperidine rings is 1. The predicted octanol–water partition coefficient (Wildman–Crippen LogP) is 2.71. The van der Waals surface area contributed by atoms with Crippen LogP contribution >= 0.6 is 0 Å². The van der Waals surface area contributed by atoms with Gasteiger partial charge in [-0.2, -0.15) is 18.2 Å². The summed E-state index contributed by atoms with van der Waals surface area (Å²) in [6, 6.07) is 0. The van der Waals surface area contributed by atoms with Crippen LogP contribution in [-0.4, -0.2) is 48.1 Å². The Hall–Kier alpha value is -2.95. The van der Waals surface area contributed by atoms with Gasteiger partial charge in [-0.05, 0) is 19.4 Å². The van der Waals surface area contributed by atoms with E-state index in [0.29, 0.717) is 5.69 Å². The summed E-state index contributed by atoms with van der Waals surface area (Å²) in [6.07, 6.45) is 5.22. The first-order chi connectivity index (χ1) is 13.5. The van der Waals surface area contributed by atoms with Crippen LogP contribution in [-0.2, 0) is 12.7 Å². The number of nitrogens with zero attached hydrogens (tertiary/aromatic N) is 7. The highest BCUT2D eigenvalue weighted by molar-refractivity contribution is 5.46. The number of hydrogen-bond acceptors (Lipinski definition) is 8. The fourth-order valence-electron chi connectivity index (χ4n) is 3.24. The number of alkyl halides is 3. The monoisotopic (exact) mass is 391 g/mol. The van der Waals surface area contributed by atoms with Gasteiger partial charge in [-0.25, -0.2) is 15.0 Å². The van der Waals surface area contributed by atoms with Crippen molar-refractivity contribution in [1.29, 1.82) is 0 Å². The number of likely N-dealkylation sites (tertiary alicyclic amines) is 1. The van der Waals surface area contributed by atoms with Crippen molar-refractivity contribution in [3.63, 3.8) is 0 Å². The maximum atomic E-state index is 12.7. The molecule has 1 aliphatic heterocycles. The van der Waals surface area contributed by atoms with Gasteiger partial charge in [0.15, 0.2) is 0 Å². The van der Waals surface area contributed by atoms with E-state index in [0.717, 1.165) is 38.0 Å². The van der Waals surface area contributed by atoms with Crippen LogP contribution in [0.3, 0.4) is 0 Å². The maximum absolute atomic E-state index is 12.7. The molecule has 0 bridgehead atoms. The summed E-state index contributed by atoms with van der Waals surface area (Å²) in [5.74, 6) is -1.51. The summed E-state index contributed by atoms with van der Waals surface area (Å²) in [5.41, 5.74) is 1.88. The van der Waals surface area contributed by atoms with E-state index in [1.54, 1.807) is 18.6 Å². The molecule has 0 radical (unpaired) electrons. The first kappa shape index (κ1) is 18.4. The van der Waals surface area contributed by atoms with Gasteiger partial charge in [-0.1, -0.05) is 5.16 Å². The quantitative estimate of drug-likeness (QED) is 0.670. The van der Waals surface area contributed by atoms with Crippen molar-refractivity contribution >= 4 is 0 Å². The Morgan fingerprint density at radius 3 is 2.64 bits per heavy atom. The largest absolute Gasteiger partial charge is 0.471 e. The van der Waals surface area contributed by atoms with Crippen LogP contribution < -0.4 is 0 Å². The fraction of sp³-hybridized carbons (Fsp3) is 0.412. The van der Waals surface area contributed by atoms with Gasteiger partial charge >= 0.3 is 12.1 Å². The molecule has 1 fully saturated rings. The molecule has 3 aromatic rings. The van der Waals surface area contributed by atoms with Crippen molar-refractivity contribution in [3.8, 4) is 11.5 Å². The van der Waals surface area contributed by atoms with E-state index < -0.39 is 12.1 Å². The lowest BCUT2D eigenvalue weighted by Gasteiger charge is -2.32. The van der Waals surface area contributed by atoms with Crippen LogP contribution in [0.25, 0.3) is 11.5 Å². The third-order valence-corrected chi connectivity index (χ3v) is 4.49. The minimum absolute atomic E-state index is 0.111. The summed E-state index contributed by atoms with van der Waals surface area (Å²) in [7, 11) is 0. The third kappa shape index (κ3) is 4.14. The number of halogens is 3. The zero-order chi connectivity index (χ0) is 19.6. The summed E-state index contributed by atoms with van der Waals surface area (Å²) < 4.78 is 42.3. The molecule has 0 unspecified atom stereocenters. The molecule has 11 heteroatoms. The molecule has 28 heavy (non-hydrogen) atoms. The van der Waals surface area contributed by atoms with Gasteiger partial charge in [0.1, 0.15) is 12.0 Å². The Kier molecular flexibility index (Phi) is 4.99. The molecule has 8 nitrogen and oxygen atoms in total. The van der Waals surface area contributed by atoms with E-state index >= 15 is 0 Å². The molecule has 1 atom stereocenters. The lowest BCUT2D eigenvalue weighted by Crippen LogP contribution is -2.34. The number of hydrogen-bond donors (Lipinski definition) is 0. The standard InChI is InChI=1S/C17H16F3N7O/c18-17(19,20)16-25-15(26-28-16)14-7-21-6-13(24-14)12-2-1-3-27(9-12)8-11-4-22-10-23-5-11/h4-7,10,12H,1-3,8-9H2/t12-/m1/s1. The van der Waals surface area contributed by atoms with Crippen molar-refractivity contribution in [2.24, 2.45) is 0 Å². The summed E-state index contributed by atoms with van der Waals surface area (Å²) in [6.45, 7) is 2.43. The van der Waals surface area contributed by atoms with E-state index in [1.165, 1.54) is 12.5 Å². The van der Waals surface area contributed by atoms with Crippen molar-refractivity contribution in [2.45, 2.75) is 31.5 Å². The van der Waals surface area contributed by atoms with E-state index in [2.05, 4.69) is 39.5 Å². The Balaban J connectivity index is 1.50. The Bertz CT molecular complexity index is 932. The molecule has 3 aromatic heterocycles. The van der Waals surface area contributed by atoms with E-state index in [4.69, 9.17) is 0 Å². The van der Waals surface area contributed by atoms with Crippen LogP contribution in [0.4, 0.5) is 13.2 Å². The second kappa shape index (κ2) is 7.58. The molecule has 0 spiro atoms. The molecule has 0 saturated carbocycles. The normalized spacial score (nSPS) is 18.3. The predicted molar refractivity (Wildman–Crippen MR) is 89.6 cm³/mol. The molecule has 0 aliphatic carbocycles. The number of rotatable bonds is 4. The minimum Gasteiger partial charge on any atom is -0.329 e. The molecule has 4 rings (SSSR count). The molecule has 0 N–H and O–H groups in total. The molecular weight excluding hydrogens is 375 g/mol. The van der Waals surface area contributed by atoms with Crippen LogP contribution in [0.5, 0.6) is 0 Å². The highest BCUT2D eigenvalue weighted by atomic mass is 19.4. The van der Waals surface area contributed by atoms with Gasteiger partial charge < -0.3 is 4.52 Å². The van der Waals surface area contributed by atoms with E-state index in [9.17, 15) is 13.2 Å². The maximum Gasteiger partial charge on any atom is 0.471 e. The lowest BCUT2D eigenvalue weighted by atomic mass is 9.94.